The van der Waals surface area contributed by atoms with Gasteiger partial charge in [-0.25, -0.2) is 4.98 Å². The van der Waals surface area contributed by atoms with Crippen molar-refractivity contribution in [2.24, 2.45) is 0 Å². The summed E-state index contributed by atoms with van der Waals surface area (Å²) in [5, 5.41) is 17.0. The average Bonchev–Trinajstić information content (AvgIpc) is 2.96. The summed E-state index contributed by atoms with van der Waals surface area (Å²) in [5.41, 5.74) is 0.603. The first kappa shape index (κ1) is 14.5. The van der Waals surface area contributed by atoms with Gasteiger partial charge in [0.05, 0.1) is 12.6 Å². The van der Waals surface area contributed by atoms with Crippen LogP contribution in [0.4, 0.5) is 0 Å². The average molecular weight is 295 g/mol. The van der Waals surface area contributed by atoms with Crippen molar-refractivity contribution in [3.63, 3.8) is 0 Å². The van der Waals surface area contributed by atoms with Gasteiger partial charge in [0.2, 0.25) is 5.91 Å². The maximum atomic E-state index is 11.6. The van der Waals surface area contributed by atoms with Crippen LogP contribution in [0.25, 0.3) is 0 Å². The van der Waals surface area contributed by atoms with Gasteiger partial charge >= 0.3 is 0 Å². The van der Waals surface area contributed by atoms with E-state index >= 15 is 0 Å². The summed E-state index contributed by atoms with van der Waals surface area (Å²) in [7, 11) is 0. The lowest BCUT2D eigenvalue weighted by atomic mass is 10.1. The van der Waals surface area contributed by atoms with E-state index in [1.807, 2.05) is 0 Å². The predicted molar refractivity (Wildman–Crippen MR) is 74.1 cm³/mol. The highest BCUT2D eigenvalue weighted by atomic mass is 35.5. The van der Waals surface area contributed by atoms with Gasteiger partial charge in [-0.05, 0) is 6.07 Å². The van der Waals surface area contributed by atoms with Gasteiger partial charge in [-0.1, -0.05) is 29.8 Å². The van der Waals surface area contributed by atoms with Gasteiger partial charge in [0.15, 0.2) is 0 Å². The summed E-state index contributed by atoms with van der Waals surface area (Å²) in [6, 6.07) is 7.01. The fourth-order valence-corrected chi connectivity index (χ4v) is 1.98. The van der Waals surface area contributed by atoms with Gasteiger partial charge < -0.3 is 10.4 Å². The molecular weight excluding hydrogens is 280 g/mol. The highest BCUT2D eigenvalue weighted by Crippen LogP contribution is 2.21. The van der Waals surface area contributed by atoms with E-state index in [4.69, 9.17) is 11.6 Å². The third-order valence-corrected chi connectivity index (χ3v) is 3.14. The second-order valence-electron chi connectivity index (χ2n) is 4.25. The van der Waals surface area contributed by atoms with E-state index in [0.717, 1.165) is 0 Å². The van der Waals surface area contributed by atoms with E-state index in [0.29, 0.717) is 17.1 Å². The number of halogens is 1. The topological polar surface area (TPSA) is 80.0 Å². The highest BCUT2D eigenvalue weighted by molar-refractivity contribution is 6.31. The van der Waals surface area contributed by atoms with Gasteiger partial charge in [-0.2, -0.15) is 5.10 Å². The molecule has 0 aliphatic carbocycles. The maximum absolute atomic E-state index is 11.6. The van der Waals surface area contributed by atoms with Gasteiger partial charge in [0, 0.05) is 23.6 Å². The van der Waals surface area contributed by atoms with Crippen molar-refractivity contribution < 1.29 is 9.90 Å². The standard InChI is InChI=1S/C13H15ClN4O2/c14-11-4-2-1-3-10(11)12(19)7-16-13(20)5-6-18-9-15-8-17-18/h1-4,8-9,12,19H,5-7H2,(H,16,20). The zero-order valence-electron chi connectivity index (χ0n) is 10.7. The quantitative estimate of drug-likeness (QED) is 0.838. The second kappa shape index (κ2) is 7.02. The van der Waals surface area contributed by atoms with Gasteiger partial charge in [-0.3, -0.25) is 9.48 Å². The smallest absolute Gasteiger partial charge is 0.221 e. The number of aliphatic hydroxyl groups excluding tert-OH is 1. The zero-order valence-corrected chi connectivity index (χ0v) is 11.5. The number of carbonyl (C=O) groups excluding carboxylic acids is 1. The second-order valence-corrected chi connectivity index (χ2v) is 4.66. The molecule has 0 spiro atoms. The molecule has 1 amide bonds. The first-order valence-electron chi connectivity index (χ1n) is 6.18. The Labute approximate surface area is 121 Å². The Balaban J connectivity index is 1.77. The Kier molecular flexibility index (Phi) is 5.09. The van der Waals surface area contributed by atoms with Crippen LogP contribution in [-0.4, -0.2) is 32.3 Å². The molecule has 0 aliphatic rings. The third kappa shape index (κ3) is 4.04. The number of nitrogens with one attached hydrogen (secondary N) is 1. The van der Waals surface area contributed by atoms with Crippen LogP contribution in [0.5, 0.6) is 0 Å². The Morgan fingerprint density at radius 3 is 2.95 bits per heavy atom. The van der Waals surface area contributed by atoms with Crippen LogP contribution in [0, 0.1) is 0 Å². The molecule has 7 heteroatoms. The molecule has 1 aromatic carbocycles. The van der Waals surface area contributed by atoms with Crippen molar-refractivity contribution >= 4 is 17.5 Å². The molecule has 1 heterocycles. The summed E-state index contributed by atoms with van der Waals surface area (Å²) < 4.78 is 1.57. The molecule has 2 N–H and O–H groups in total. The van der Waals surface area contributed by atoms with Crippen molar-refractivity contribution in [2.75, 3.05) is 6.54 Å². The van der Waals surface area contributed by atoms with Gasteiger partial charge in [-0.15, -0.1) is 0 Å². The molecule has 0 aliphatic heterocycles. The Morgan fingerprint density at radius 2 is 2.25 bits per heavy atom. The van der Waals surface area contributed by atoms with Crippen LogP contribution in [0.15, 0.2) is 36.9 Å². The Hall–Kier alpha value is -1.92. The van der Waals surface area contributed by atoms with Gasteiger partial charge in [0.25, 0.3) is 0 Å². The number of rotatable bonds is 6. The molecule has 0 saturated carbocycles. The lowest BCUT2D eigenvalue weighted by molar-refractivity contribution is -0.121. The number of aliphatic hydroxyl groups is 1. The number of hydrogen-bond donors (Lipinski definition) is 2. The molecular formula is C13H15ClN4O2. The van der Waals surface area contributed by atoms with Gasteiger partial charge in [0.1, 0.15) is 12.7 Å². The summed E-state index contributed by atoms with van der Waals surface area (Å²) in [4.78, 5) is 15.4. The number of carbonyl (C=O) groups is 1. The van der Waals surface area contributed by atoms with E-state index in [1.165, 1.54) is 6.33 Å². The van der Waals surface area contributed by atoms with E-state index in [-0.39, 0.29) is 18.9 Å². The lowest BCUT2D eigenvalue weighted by Crippen LogP contribution is -2.29. The Morgan fingerprint density at radius 1 is 1.45 bits per heavy atom. The lowest BCUT2D eigenvalue weighted by Gasteiger charge is -2.13. The van der Waals surface area contributed by atoms with Crippen LogP contribution >= 0.6 is 11.6 Å². The molecule has 1 aromatic heterocycles. The molecule has 2 rings (SSSR count). The first-order valence-corrected chi connectivity index (χ1v) is 6.56. The fraction of sp³-hybridized carbons (Fsp3) is 0.308. The molecule has 20 heavy (non-hydrogen) atoms. The molecule has 2 aromatic rings. The number of hydrogen-bond acceptors (Lipinski definition) is 4. The summed E-state index contributed by atoms with van der Waals surface area (Å²) in [6.45, 7) is 0.577. The van der Waals surface area contributed by atoms with Crippen molar-refractivity contribution in [2.45, 2.75) is 19.1 Å². The van der Waals surface area contributed by atoms with Crippen LogP contribution in [-0.2, 0) is 11.3 Å². The van der Waals surface area contributed by atoms with Crippen LogP contribution in [0.3, 0.4) is 0 Å². The minimum atomic E-state index is -0.820. The molecule has 1 atom stereocenters. The highest BCUT2D eigenvalue weighted by Gasteiger charge is 2.12. The summed E-state index contributed by atoms with van der Waals surface area (Å²) in [5.74, 6) is -0.161. The number of aryl methyl sites for hydroxylation is 1. The molecule has 0 bridgehead atoms. The molecule has 1 unspecified atom stereocenters. The van der Waals surface area contributed by atoms with Crippen LogP contribution < -0.4 is 5.32 Å². The SMILES string of the molecule is O=C(CCn1cncn1)NCC(O)c1ccccc1Cl. The molecule has 106 valence electrons. The molecule has 0 saturated heterocycles. The number of aromatic nitrogens is 3. The first-order chi connectivity index (χ1) is 9.66. The number of amides is 1. The minimum Gasteiger partial charge on any atom is -0.387 e. The van der Waals surface area contributed by atoms with Crippen molar-refractivity contribution in [1.29, 1.82) is 0 Å². The van der Waals surface area contributed by atoms with E-state index < -0.39 is 6.10 Å². The van der Waals surface area contributed by atoms with Crippen molar-refractivity contribution in [3.8, 4) is 0 Å². The number of benzene rings is 1. The van der Waals surface area contributed by atoms with E-state index in [9.17, 15) is 9.90 Å². The van der Waals surface area contributed by atoms with Crippen LogP contribution in [0.2, 0.25) is 5.02 Å². The summed E-state index contributed by atoms with van der Waals surface area (Å²) in [6.07, 6.45) is 2.42. The maximum Gasteiger partial charge on any atom is 0.221 e. The van der Waals surface area contributed by atoms with E-state index in [2.05, 4.69) is 15.4 Å². The van der Waals surface area contributed by atoms with Crippen LogP contribution in [0.1, 0.15) is 18.1 Å². The predicted octanol–water partition coefficient (Wildman–Crippen LogP) is 1.17. The minimum absolute atomic E-state index is 0.125. The Bertz CT molecular complexity index is 559. The fourth-order valence-electron chi connectivity index (χ4n) is 1.72. The zero-order chi connectivity index (χ0) is 14.4. The third-order valence-electron chi connectivity index (χ3n) is 2.79. The molecule has 0 fully saturated rings. The normalized spacial score (nSPS) is 12.1. The van der Waals surface area contributed by atoms with E-state index in [1.54, 1.807) is 35.3 Å². The largest absolute Gasteiger partial charge is 0.387 e. The molecule has 0 radical (unpaired) electrons. The number of nitrogens with zero attached hydrogens (tertiary/aromatic N) is 3. The van der Waals surface area contributed by atoms with Crippen molar-refractivity contribution in [1.82, 2.24) is 20.1 Å². The monoisotopic (exact) mass is 294 g/mol. The summed E-state index contributed by atoms with van der Waals surface area (Å²) >= 11 is 5.97. The van der Waals surface area contributed by atoms with Crippen molar-refractivity contribution in [3.05, 3.63) is 47.5 Å². The molecule has 6 nitrogen and oxygen atoms in total.